The fraction of sp³-hybridized carbons (Fsp3) is 0.350. The fourth-order valence-electron chi connectivity index (χ4n) is 9.99. The number of carbonyl (C=O) groups is 2. The van der Waals surface area contributed by atoms with Crippen LogP contribution in [0.3, 0.4) is 0 Å². The third-order valence-corrected chi connectivity index (χ3v) is 19.8. The number of esters is 2. The Labute approximate surface area is 877 Å². The second-order valence-electron chi connectivity index (χ2n) is 26.1. The van der Waals surface area contributed by atoms with Gasteiger partial charge in [0.25, 0.3) is 27.8 Å². The first-order valence-electron chi connectivity index (χ1n) is 38.3. The van der Waals surface area contributed by atoms with E-state index in [0.29, 0.717) is 166 Å². The minimum absolute atomic E-state index is 0. The summed E-state index contributed by atoms with van der Waals surface area (Å²) < 4.78 is 67.6. The van der Waals surface area contributed by atoms with Gasteiger partial charge in [-0.2, -0.15) is 30.2 Å². The largest absolute Gasteiger partial charge is 1.00 e. The van der Waals surface area contributed by atoms with E-state index in [1.165, 1.54) is 48.6 Å². The van der Waals surface area contributed by atoms with Crippen LogP contribution in [0.25, 0.3) is 50.2 Å². The molecular weight excluding hydrogens is 2320 g/mol. The molecule has 0 aliphatic carbocycles. The summed E-state index contributed by atoms with van der Waals surface area (Å²) >= 11 is 48.6. The summed E-state index contributed by atoms with van der Waals surface area (Å²) in [6, 6.07) is 12.5. The zero-order valence-electron chi connectivity index (χ0n) is 76.5. The first kappa shape index (κ1) is 126. The van der Waals surface area contributed by atoms with Crippen LogP contribution in [-0.4, -0.2) is 166 Å². The minimum Gasteiger partial charge on any atom is 1.00 e. The van der Waals surface area contributed by atoms with Crippen molar-refractivity contribution in [1.82, 2.24) is 88.0 Å². The van der Waals surface area contributed by atoms with Crippen LogP contribution in [-0.2, 0) is 53.4 Å². The number of rotatable bonds is 15. The van der Waals surface area contributed by atoms with Gasteiger partial charge in [-0.1, -0.05) is 79.7 Å². The van der Waals surface area contributed by atoms with Crippen molar-refractivity contribution >= 4 is 266 Å². The van der Waals surface area contributed by atoms with Gasteiger partial charge in [-0.3, -0.25) is 42.2 Å². The van der Waals surface area contributed by atoms with Crippen molar-refractivity contribution < 1.29 is 76.4 Å². The number of nitrogens with zero attached hydrogens (tertiary/aromatic N) is 18. The van der Waals surface area contributed by atoms with Gasteiger partial charge in [0.2, 0.25) is 11.8 Å². The summed E-state index contributed by atoms with van der Waals surface area (Å²) in [6.07, 6.45) is 3.51. The van der Waals surface area contributed by atoms with Crippen LogP contribution in [0.2, 0.25) is 20.6 Å². The predicted molar refractivity (Wildman–Crippen MR) is 549 cm³/mol. The molecule has 36 nitrogen and oxygen atoms in total. The molecule has 1 aromatic carbocycles. The average molecular weight is 2420 g/mol. The SMILES string of the molecule is BrB(Br)Br.C=CC(=O)OCCCC.CCCCOC(=O)/C=C/c1c(Cl)nc(C)nc1NC.CNc1cc(Cl)nc(C)n1.CNc1nc(C)nc(Cl)c1Br.COc1nc(C)nc2c1cc(Br)c(=O)n2C.COc1nc(C)nc2c1ccc(=O)n2C.C[C@@H](N)c1cc(N)cc(C(F)(F)F)c1.C[O-].Cc1nc(Cl)c2cc(Br)c(=O)n(C)c2n1.Cc1nc2c(cc(Br)c(=O)n2C)c(=O)[nH]1.[B]=NS.[Na+]. The molecule has 0 fully saturated rings. The Kier molecular flexibility index (Phi) is 60.6. The number of thiol groups is 1. The van der Waals surface area contributed by atoms with E-state index in [-0.39, 0.29) is 72.2 Å². The number of halogens is 14. The summed E-state index contributed by atoms with van der Waals surface area (Å²) in [5.41, 5.74) is 12.4. The van der Waals surface area contributed by atoms with E-state index >= 15 is 0 Å². The molecule has 0 aliphatic heterocycles. The number of nitrogens with one attached hydrogen (secondary N) is 4. The molecule has 54 heteroatoms. The number of carbonyl (C=O) groups excluding carboxylic acids is 2. The number of methoxy groups -OCH3 is 2. The Morgan fingerprint density at radius 3 is 1.46 bits per heavy atom. The Balaban J connectivity index is 0.00000148. The number of H-pyrrole nitrogens is 1. The zero-order valence-corrected chi connectivity index (χ0v) is 93.5. The smallest absolute Gasteiger partial charge is 1.00 e. The number of nitrogen functional groups attached to an aromatic ring is 1. The fourth-order valence-corrected chi connectivity index (χ4v) is 12.8. The van der Waals surface area contributed by atoms with Crippen molar-refractivity contribution in [2.45, 2.75) is 107 Å². The van der Waals surface area contributed by atoms with E-state index in [9.17, 15) is 46.7 Å². The van der Waals surface area contributed by atoms with Gasteiger partial charge in [-0.05, 0) is 186 Å². The molecular formula is C80H96B2Br7Cl4F3N24NaO12S. The summed E-state index contributed by atoms with van der Waals surface area (Å²) in [7, 11) is 20.1. The summed E-state index contributed by atoms with van der Waals surface area (Å²) in [6.45, 7) is 22.2. The number of aromatic nitrogens is 18. The molecule has 0 bridgehead atoms. The van der Waals surface area contributed by atoms with Crippen LogP contribution in [0.15, 0.2) is 119 Å². The Hall–Kier alpha value is -7.85. The summed E-state index contributed by atoms with van der Waals surface area (Å²) in [5.74, 6) is 6.37. The quantitative estimate of drug-likeness (QED) is 0.00953. The maximum absolute atomic E-state index is 12.3. The number of nitrogens with two attached hydrogens (primary N) is 2. The van der Waals surface area contributed by atoms with E-state index < -0.39 is 23.8 Å². The van der Waals surface area contributed by atoms with E-state index in [4.69, 9.17) is 77.2 Å². The number of anilines is 4. The van der Waals surface area contributed by atoms with Gasteiger partial charge < -0.3 is 56.5 Å². The van der Waals surface area contributed by atoms with Gasteiger partial charge in [0, 0.05) is 85.3 Å². The molecule has 0 saturated heterocycles. The molecule has 12 rings (SSSR count). The number of hydrogen-bond donors (Lipinski definition) is 7. The number of aryl methyl sites for hydroxylation is 11. The van der Waals surface area contributed by atoms with Gasteiger partial charge in [0.1, 0.15) is 101 Å². The Morgan fingerprint density at radius 1 is 0.597 bits per heavy atom. The zero-order chi connectivity index (χ0) is 102. The molecule has 0 amide bonds. The number of pyridine rings is 4. The topological polar surface area (TPSA) is 483 Å². The maximum Gasteiger partial charge on any atom is 1.00 e. The van der Waals surface area contributed by atoms with Crippen LogP contribution in [0, 0.1) is 48.5 Å². The molecule has 0 saturated carbocycles. The van der Waals surface area contributed by atoms with Gasteiger partial charge in [-0.15, -0.1) is 47.3 Å². The third-order valence-electron chi connectivity index (χ3n) is 16.1. The van der Waals surface area contributed by atoms with Crippen LogP contribution in [0.1, 0.15) is 110 Å². The van der Waals surface area contributed by atoms with Crippen molar-refractivity contribution in [3.63, 3.8) is 0 Å². The van der Waals surface area contributed by atoms with Crippen LogP contribution in [0.5, 0.6) is 11.8 Å². The van der Waals surface area contributed by atoms with Gasteiger partial charge in [-0.25, -0.2) is 64.4 Å². The average Bonchev–Trinajstić information content (AvgIpc) is 0.792. The molecule has 12 aromatic rings. The van der Waals surface area contributed by atoms with Crippen molar-refractivity contribution in [1.29, 1.82) is 0 Å². The van der Waals surface area contributed by atoms with E-state index in [2.05, 4.69) is 233 Å². The molecule has 0 aliphatic rings. The number of unbranched alkanes of at least 4 members (excludes halogenated alkanes) is 2. The molecule has 8 N–H and O–H groups in total. The molecule has 0 spiro atoms. The molecule has 719 valence electrons. The van der Waals surface area contributed by atoms with Crippen molar-refractivity contribution in [2.75, 3.05) is 77.4 Å². The minimum atomic E-state index is -4.38. The normalized spacial score (nSPS) is 10.3. The molecule has 0 unspecified atom stereocenters. The van der Waals surface area contributed by atoms with Crippen molar-refractivity contribution in [3.8, 4) is 11.8 Å². The number of fused-ring (bicyclic) bond motifs is 4. The first-order chi connectivity index (χ1) is 62.4. The van der Waals surface area contributed by atoms with E-state index in [1.807, 2.05) is 13.8 Å². The van der Waals surface area contributed by atoms with Crippen LogP contribution < -0.4 is 99.4 Å². The molecule has 11 aromatic heterocycles. The Bertz CT molecular complexity index is 6290. The second-order valence-corrected chi connectivity index (χ2v) is 37.5. The number of aromatic amines is 1. The van der Waals surface area contributed by atoms with Crippen LogP contribution in [0.4, 0.5) is 36.3 Å². The second kappa shape index (κ2) is 64.3. The number of ether oxygens (including phenoxy) is 4. The van der Waals surface area contributed by atoms with Gasteiger partial charge in [0.05, 0.1) is 78.0 Å². The molecule has 134 heavy (non-hydrogen) atoms. The maximum atomic E-state index is 12.3. The first-order valence-corrected chi connectivity index (χ1v) is 46.2. The molecule has 1 radical (unpaired) electrons. The number of alkyl halides is 3. The summed E-state index contributed by atoms with van der Waals surface area (Å²) in [4.78, 5) is 136. The van der Waals surface area contributed by atoms with Gasteiger partial charge in [0.15, 0.2) is 0 Å². The number of benzene rings is 1. The van der Waals surface area contributed by atoms with Crippen molar-refractivity contribution in [2.24, 2.45) is 38.2 Å². The monoisotopic (exact) mass is 2410 g/mol. The number of hydrogen-bond acceptors (Lipinski definition) is 32. The van der Waals surface area contributed by atoms with Crippen LogP contribution >= 0.6 is 170 Å². The standard InChI is InChI=1S/C13H18ClN3O2.C10H10BrN3O2.C10H11N3O2.C9H7BrClN3O.C9H8BrN3O2.C9H11F3N2.C7H12O2.C6H7BrClN3.C6H8ClN3.CH3O.BBr3.BHNS.Na/c1-4-5-8-19-11(18)7-6-10-12(14)16-9(2)17-13(10)15-3;1-5-12-8-6(9(13-5)16-3)4-7(11)10(15)14(8)2;1-6-11-9-7(10(12-6)15-3)4-5-8(14)13(9)2;1-4-12-7(11)5-3-6(10)9(15)14(2)8(5)13-4;1-4-11-7-5(8(14)12-4)3-6(10)9(15)13(7)2;1-5(13)6-2-7(9(10,11)12)4-8(14)3-6;1-3-5-6-9-7(8)4-2;1-3-10-5(8)4(7)6(9-2)11-3;1-4-9-5(7)3-6(8-2)10-4;1-2;2-1(3)4;1-2-3;/h6-7H,4-5,8H2,1-3H3,(H,15,16,17);4H,1-3H3;4-5H,1-3H3;3H,1-2H3;3H,1-2H3,(H,11,12,14);2-5H,13-14H2,1H3;4H,2-3,5-6H2,1H3;1-2H3,(H,9,10,11);3H,1-2H3,(H,8,9,10);1H3;;3H;/q;;;;;;;;;-1;;;+1/b7-6+;;;;;;;;;;;;/t;;;;;5-;;;;;;;/m.....1......./s1. The van der Waals surface area contributed by atoms with E-state index in [0.717, 1.165) is 56.1 Å². The Morgan fingerprint density at radius 2 is 1.01 bits per heavy atom. The summed E-state index contributed by atoms with van der Waals surface area (Å²) in [5, 5.41) is 21.0. The van der Waals surface area contributed by atoms with Crippen molar-refractivity contribution in [3.05, 3.63) is 221 Å². The van der Waals surface area contributed by atoms with E-state index in [1.54, 1.807) is 149 Å². The molecule has 1 atom stereocenters. The van der Waals surface area contributed by atoms with Gasteiger partial charge >= 0.3 is 75.6 Å². The third kappa shape index (κ3) is 42.6. The predicted octanol–water partition coefficient (Wildman–Crippen LogP) is 13.5. The molecule has 11 heterocycles.